The van der Waals surface area contributed by atoms with Gasteiger partial charge in [0.25, 0.3) is 6.43 Å². The lowest BCUT2D eigenvalue weighted by Gasteiger charge is -2.08. The highest BCUT2D eigenvalue weighted by Crippen LogP contribution is 2.13. The predicted octanol–water partition coefficient (Wildman–Crippen LogP) is 4.14. The first-order chi connectivity index (χ1) is 7.18. The van der Waals surface area contributed by atoms with Crippen molar-refractivity contribution in [1.29, 1.82) is 0 Å². The van der Waals surface area contributed by atoms with Gasteiger partial charge in [0.2, 0.25) is 0 Å². The smallest absolute Gasteiger partial charge is 0.264 e. The molecule has 0 amide bonds. The molecule has 0 aromatic carbocycles. The zero-order chi connectivity index (χ0) is 11.5. The van der Waals surface area contributed by atoms with Gasteiger partial charge in [-0.25, -0.2) is 8.78 Å². The number of halogens is 2. The fourth-order valence-electron chi connectivity index (χ4n) is 1.61. The van der Waals surface area contributed by atoms with Crippen molar-refractivity contribution >= 4 is 0 Å². The average molecular weight is 222 g/mol. The summed E-state index contributed by atoms with van der Waals surface area (Å²) in [4.78, 5) is 0. The van der Waals surface area contributed by atoms with Crippen LogP contribution in [0.15, 0.2) is 0 Å². The van der Waals surface area contributed by atoms with E-state index in [0.29, 0.717) is 0 Å². The molecule has 0 saturated heterocycles. The van der Waals surface area contributed by atoms with Crippen molar-refractivity contribution < 1.29 is 13.9 Å². The second-order valence-electron chi connectivity index (χ2n) is 4.17. The molecule has 0 rings (SSSR count). The van der Waals surface area contributed by atoms with E-state index in [-0.39, 0.29) is 6.42 Å². The summed E-state index contributed by atoms with van der Waals surface area (Å²) in [6.07, 6.45) is 5.35. The van der Waals surface area contributed by atoms with Crippen LogP contribution in [0.25, 0.3) is 0 Å². The minimum Gasteiger partial charge on any atom is -0.387 e. The van der Waals surface area contributed by atoms with Crippen molar-refractivity contribution in [3.05, 3.63) is 0 Å². The Labute approximate surface area is 91.9 Å². The van der Waals surface area contributed by atoms with Crippen LogP contribution >= 0.6 is 0 Å². The Balaban J connectivity index is 3.05. The standard InChI is InChI=1S/C12H24F2O/c1-2-3-4-5-6-7-8-9-10-11(15)12(13)14/h11-12,15H,2-10H2,1H3. The van der Waals surface area contributed by atoms with E-state index >= 15 is 0 Å². The topological polar surface area (TPSA) is 20.2 Å². The molecule has 0 bridgehead atoms. The predicted molar refractivity (Wildman–Crippen MR) is 59.2 cm³/mol. The van der Waals surface area contributed by atoms with Crippen LogP contribution in [-0.2, 0) is 0 Å². The number of hydrogen-bond acceptors (Lipinski definition) is 1. The van der Waals surface area contributed by atoms with Crippen LogP contribution in [0.5, 0.6) is 0 Å². The van der Waals surface area contributed by atoms with Gasteiger partial charge in [0.1, 0.15) is 6.10 Å². The fourth-order valence-corrected chi connectivity index (χ4v) is 1.61. The van der Waals surface area contributed by atoms with Gasteiger partial charge in [0.15, 0.2) is 0 Å². The van der Waals surface area contributed by atoms with Crippen molar-refractivity contribution in [2.45, 2.75) is 77.2 Å². The summed E-state index contributed by atoms with van der Waals surface area (Å²) in [5.41, 5.74) is 0. The summed E-state index contributed by atoms with van der Waals surface area (Å²) in [7, 11) is 0. The van der Waals surface area contributed by atoms with Crippen molar-refractivity contribution in [2.24, 2.45) is 0 Å². The lowest BCUT2D eigenvalue weighted by molar-refractivity contribution is -0.0100. The van der Waals surface area contributed by atoms with E-state index in [9.17, 15) is 8.78 Å². The van der Waals surface area contributed by atoms with Crippen molar-refractivity contribution in [3.8, 4) is 0 Å². The van der Waals surface area contributed by atoms with Gasteiger partial charge in [0.05, 0.1) is 0 Å². The van der Waals surface area contributed by atoms with E-state index in [1.807, 2.05) is 0 Å². The van der Waals surface area contributed by atoms with Gasteiger partial charge in [-0.15, -0.1) is 0 Å². The van der Waals surface area contributed by atoms with Crippen molar-refractivity contribution in [2.75, 3.05) is 0 Å². The molecule has 1 nitrogen and oxygen atoms in total. The van der Waals surface area contributed by atoms with Crippen molar-refractivity contribution in [3.63, 3.8) is 0 Å². The lowest BCUT2D eigenvalue weighted by Crippen LogP contribution is -2.16. The van der Waals surface area contributed by atoms with Gasteiger partial charge in [-0.1, -0.05) is 58.3 Å². The van der Waals surface area contributed by atoms with Crippen LogP contribution in [0.4, 0.5) is 8.78 Å². The molecule has 0 aromatic heterocycles. The highest BCUT2D eigenvalue weighted by molar-refractivity contribution is 4.57. The number of hydrogen-bond donors (Lipinski definition) is 1. The Morgan fingerprint density at radius 2 is 1.33 bits per heavy atom. The zero-order valence-corrected chi connectivity index (χ0v) is 9.72. The maximum Gasteiger partial charge on any atom is 0.264 e. The van der Waals surface area contributed by atoms with Gasteiger partial charge in [-0.05, 0) is 6.42 Å². The molecule has 1 unspecified atom stereocenters. The third kappa shape index (κ3) is 10.1. The molecule has 0 aliphatic heterocycles. The molecule has 0 radical (unpaired) electrons. The molecule has 0 aliphatic carbocycles. The van der Waals surface area contributed by atoms with E-state index in [1.54, 1.807) is 0 Å². The lowest BCUT2D eigenvalue weighted by atomic mass is 10.1. The number of alkyl halides is 2. The third-order valence-corrected chi connectivity index (χ3v) is 2.64. The maximum absolute atomic E-state index is 11.9. The van der Waals surface area contributed by atoms with Crippen LogP contribution in [-0.4, -0.2) is 17.6 Å². The van der Waals surface area contributed by atoms with Crippen LogP contribution < -0.4 is 0 Å². The molecular weight excluding hydrogens is 198 g/mol. The highest BCUT2D eigenvalue weighted by Gasteiger charge is 2.15. The maximum atomic E-state index is 11.9. The minimum absolute atomic E-state index is 0.243. The number of aliphatic hydroxyl groups excluding tert-OH is 1. The van der Waals surface area contributed by atoms with E-state index in [2.05, 4.69) is 6.92 Å². The molecule has 0 spiro atoms. The summed E-state index contributed by atoms with van der Waals surface area (Å²) >= 11 is 0. The van der Waals surface area contributed by atoms with Crippen molar-refractivity contribution in [1.82, 2.24) is 0 Å². The van der Waals surface area contributed by atoms with Gasteiger partial charge >= 0.3 is 0 Å². The normalized spacial score (nSPS) is 13.4. The average Bonchev–Trinajstić information content (AvgIpc) is 2.21. The van der Waals surface area contributed by atoms with Gasteiger partial charge in [-0.3, -0.25) is 0 Å². The second kappa shape index (κ2) is 10.3. The van der Waals surface area contributed by atoms with Gasteiger partial charge < -0.3 is 5.11 Å². The minimum atomic E-state index is -2.57. The number of unbranched alkanes of at least 4 members (excludes halogenated alkanes) is 7. The quantitative estimate of drug-likeness (QED) is 0.551. The van der Waals surface area contributed by atoms with E-state index in [1.165, 1.54) is 32.1 Å². The number of rotatable bonds is 10. The summed E-state index contributed by atoms with van der Waals surface area (Å²) in [5.74, 6) is 0. The molecule has 3 heteroatoms. The summed E-state index contributed by atoms with van der Waals surface area (Å²) in [6, 6.07) is 0. The molecule has 0 saturated carbocycles. The van der Waals surface area contributed by atoms with Gasteiger partial charge in [-0.2, -0.15) is 0 Å². The molecule has 0 aromatic rings. The van der Waals surface area contributed by atoms with E-state index in [4.69, 9.17) is 5.11 Å². The first-order valence-corrected chi connectivity index (χ1v) is 6.14. The molecule has 0 aliphatic rings. The first-order valence-electron chi connectivity index (χ1n) is 6.14. The van der Waals surface area contributed by atoms with Crippen LogP contribution in [0.1, 0.15) is 64.7 Å². The summed E-state index contributed by atoms with van der Waals surface area (Å²) in [6.45, 7) is 2.19. The third-order valence-electron chi connectivity index (χ3n) is 2.64. The monoisotopic (exact) mass is 222 g/mol. The van der Waals surface area contributed by atoms with Crippen LogP contribution in [0, 0.1) is 0 Å². The molecular formula is C12H24F2O. The number of aliphatic hydroxyl groups is 1. The molecule has 0 heterocycles. The highest BCUT2D eigenvalue weighted by atomic mass is 19.3. The first kappa shape index (κ1) is 14.8. The van der Waals surface area contributed by atoms with E-state index in [0.717, 1.165) is 19.3 Å². The Kier molecular flexibility index (Phi) is 10.2. The molecule has 0 fully saturated rings. The second-order valence-corrected chi connectivity index (χ2v) is 4.17. The molecule has 1 N–H and O–H groups in total. The Morgan fingerprint density at radius 1 is 0.867 bits per heavy atom. The zero-order valence-electron chi connectivity index (χ0n) is 9.72. The molecule has 1 atom stereocenters. The van der Waals surface area contributed by atoms with Crippen LogP contribution in [0.2, 0.25) is 0 Å². The van der Waals surface area contributed by atoms with Crippen LogP contribution in [0.3, 0.4) is 0 Å². The molecule has 92 valence electrons. The summed E-state index contributed by atoms with van der Waals surface area (Å²) < 4.78 is 23.8. The Hall–Kier alpha value is -0.180. The van der Waals surface area contributed by atoms with Gasteiger partial charge in [0, 0.05) is 0 Å². The van der Waals surface area contributed by atoms with E-state index < -0.39 is 12.5 Å². The Morgan fingerprint density at radius 3 is 1.80 bits per heavy atom. The fraction of sp³-hybridized carbons (Fsp3) is 1.00. The molecule has 15 heavy (non-hydrogen) atoms. The SMILES string of the molecule is CCCCCCCCCCC(O)C(F)F. The Bertz CT molecular complexity index is 129. The largest absolute Gasteiger partial charge is 0.387 e. The summed E-state index contributed by atoms with van der Waals surface area (Å²) in [5, 5.41) is 8.85.